The second-order valence-electron chi connectivity index (χ2n) is 8.80. The van der Waals surface area contributed by atoms with Gasteiger partial charge in [-0.3, -0.25) is 4.79 Å². The fourth-order valence-electron chi connectivity index (χ4n) is 4.58. The molecule has 0 spiro atoms. The van der Waals surface area contributed by atoms with E-state index in [0.717, 1.165) is 24.7 Å². The summed E-state index contributed by atoms with van der Waals surface area (Å²) in [6, 6.07) is 4.44. The van der Waals surface area contributed by atoms with E-state index < -0.39 is 5.82 Å². The second kappa shape index (κ2) is 6.50. The number of carbonyl (C=O) groups is 1. The van der Waals surface area contributed by atoms with Gasteiger partial charge >= 0.3 is 0 Å². The summed E-state index contributed by atoms with van der Waals surface area (Å²) in [6.07, 6.45) is 6.54. The molecule has 0 atom stereocenters. The number of carbonyl (C=O) groups excluding carboxylic acids is 1. The number of nitrogens with one attached hydrogen (secondary N) is 1. The molecular formula is C22H23FN4O3. The predicted octanol–water partition coefficient (Wildman–Crippen LogP) is 3.73. The molecule has 30 heavy (non-hydrogen) atoms. The molecule has 7 nitrogen and oxygen atoms in total. The molecule has 3 aliphatic rings. The number of halogens is 1. The van der Waals surface area contributed by atoms with Crippen LogP contribution in [0.25, 0.3) is 5.65 Å². The molecule has 5 heterocycles. The highest BCUT2D eigenvalue weighted by molar-refractivity contribution is 6.05. The van der Waals surface area contributed by atoms with Crippen LogP contribution in [-0.2, 0) is 10.2 Å². The molecule has 3 aromatic heterocycles. The van der Waals surface area contributed by atoms with Crippen LogP contribution in [0.5, 0.6) is 5.75 Å². The lowest BCUT2D eigenvalue weighted by atomic mass is 9.62. The van der Waals surface area contributed by atoms with Crippen molar-refractivity contribution in [2.24, 2.45) is 0 Å². The molecule has 6 rings (SSSR count). The summed E-state index contributed by atoms with van der Waals surface area (Å²) >= 11 is 0. The Labute approximate surface area is 173 Å². The number of rotatable bonds is 5. The summed E-state index contributed by atoms with van der Waals surface area (Å²) in [7, 11) is 0. The van der Waals surface area contributed by atoms with E-state index in [1.165, 1.54) is 12.1 Å². The smallest absolute Gasteiger partial charge is 0.262 e. The van der Waals surface area contributed by atoms with Crippen LogP contribution in [-0.4, -0.2) is 38.6 Å². The minimum absolute atomic E-state index is 0.0328. The van der Waals surface area contributed by atoms with Gasteiger partial charge in [-0.15, -0.1) is 0 Å². The number of amides is 1. The van der Waals surface area contributed by atoms with Gasteiger partial charge in [0.25, 0.3) is 5.91 Å². The fraction of sp³-hybridized carbons (Fsp3) is 0.409. The third-order valence-electron chi connectivity index (χ3n) is 5.80. The molecule has 156 valence electrons. The Morgan fingerprint density at radius 1 is 1.33 bits per heavy atom. The van der Waals surface area contributed by atoms with E-state index in [1.54, 1.807) is 12.3 Å². The number of fused-ring (bicyclic) bond motifs is 2. The van der Waals surface area contributed by atoms with Gasteiger partial charge in [0.2, 0.25) is 0 Å². The van der Waals surface area contributed by atoms with Crippen LogP contribution in [0.1, 0.15) is 49.7 Å². The van der Waals surface area contributed by atoms with Crippen LogP contribution in [0.2, 0.25) is 0 Å². The summed E-state index contributed by atoms with van der Waals surface area (Å²) in [5.41, 5.74) is 1.97. The van der Waals surface area contributed by atoms with E-state index in [-0.39, 0.29) is 28.8 Å². The second-order valence-corrected chi connectivity index (χ2v) is 8.80. The van der Waals surface area contributed by atoms with Crippen molar-refractivity contribution in [2.75, 3.05) is 11.9 Å². The van der Waals surface area contributed by atoms with E-state index >= 15 is 0 Å². The number of hydrogen-bond donors (Lipinski definition) is 1. The van der Waals surface area contributed by atoms with Gasteiger partial charge in [-0.2, -0.15) is 0 Å². The first-order chi connectivity index (χ1) is 14.3. The van der Waals surface area contributed by atoms with E-state index in [0.29, 0.717) is 23.6 Å². The Morgan fingerprint density at radius 3 is 2.77 bits per heavy atom. The Kier molecular flexibility index (Phi) is 4.12. The predicted molar refractivity (Wildman–Crippen MR) is 108 cm³/mol. The van der Waals surface area contributed by atoms with E-state index in [2.05, 4.69) is 17.2 Å². The number of aromatic nitrogens is 3. The van der Waals surface area contributed by atoms with Crippen molar-refractivity contribution in [2.45, 2.75) is 50.7 Å². The molecular weight excluding hydrogens is 387 g/mol. The molecule has 2 bridgehead atoms. The first-order valence-electron chi connectivity index (χ1n) is 10.0. The van der Waals surface area contributed by atoms with Gasteiger partial charge in [0.05, 0.1) is 35.8 Å². The minimum Gasteiger partial charge on any atom is -0.490 e. The maximum absolute atomic E-state index is 13.1. The highest BCUT2D eigenvalue weighted by Gasteiger charge is 2.61. The van der Waals surface area contributed by atoms with Crippen LogP contribution in [0.3, 0.4) is 0 Å². The maximum atomic E-state index is 13.1. The highest BCUT2D eigenvalue weighted by atomic mass is 19.1. The Balaban J connectivity index is 1.51. The molecule has 1 amide bonds. The number of nitrogens with zero attached hydrogens (tertiary/aromatic N) is 3. The lowest BCUT2D eigenvalue weighted by Gasteiger charge is -2.41. The van der Waals surface area contributed by atoms with Crippen molar-refractivity contribution in [1.82, 2.24) is 14.4 Å². The Morgan fingerprint density at radius 2 is 2.13 bits per heavy atom. The molecule has 3 fully saturated rings. The van der Waals surface area contributed by atoms with Crippen molar-refractivity contribution in [3.63, 3.8) is 0 Å². The molecule has 0 radical (unpaired) electrons. The van der Waals surface area contributed by atoms with E-state index in [9.17, 15) is 9.18 Å². The number of pyridine rings is 2. The molecule has 8 heteroatoms. The maximum Gasteiger partial charge on any atom is 0.262 e. The monoisotopic (exact) mass is 410 g/mol. The average Bonchev–Trinajstić information content (AvgIpc) is 3.33. The van der Waals surface area contributed by atoms with Gasteiger partial charge in [-0.1, -0.05) is 0 Å². The third-order valence-corrected chi connectivity index (χ3v) is 5.80. The van der Waals surface area contributed by atoms with Gasteiger partial charge in [-0.05, 0) is 45.7 Å². The number of ether oxygens (including phenoxy) is 2. The zero-order valence-electron chi connectivity index (χ0n) is 17.1. The van der Waals surface area contributed by atoms with Crippen LogP contribution in [0.15, 0.2) is 36.8 Å². The lowest BCUT2D eigenvalue weighted by Crippen LogP contribution is -2.45. The summed E-state index contributed by atoms with van der Waals surface area (Å²) in [4.78, 5) is 21.7. The van der Waals surface area contributed by atoms with Crippen LogP contribution < -0.4 is 10.1 Å². The van der Waals surface area contributed by atoms with Crippen molar-refractivity contribution >= 4 is 17.4 Å². The molecule has 0 unspecified atom stereocenters. The summed E-state index contributed by atoms with van der Waals surface area (Å²) in [5, 5.41) is 2.70. The Bertz CT molecular complexity index is 1130. The van der Waals surface area contributed by atoms with Gasteiger partial charge in [0, 0.05) is 23.9 Å². The quantitative estimate of drug-likeness (QED) is 0.694. The summed E-state index contributed by atoms with van der Waals surface area (Å²) < 4.78 is 26.8. The molecule has 2 aliphatic heterocycles. The van der Waals surface area contributed by atoms with Crippen molar-refractivity contribution in [3.05, 3.63) is 53.9 Å². The normalized spacial score (nSPS) is 24.8. The first-order valence-corrected chi connectivity index (χ1v) is 10.0. The van der Waals surface area contributed by atoms with E-state index in [1.807, 2.05) is 24.4 Å². The third kappa shape index (κ3) is 3.11. The van der Waals surface area contributed by atoms with Crippen molar-refractivity contribution in [1.29, 1.82) is 0 Å². The highest BCUT2D eigenvalue weighted by Crippen LogP contribution is 2.58. The van der Waals surface area contributed by atoms with E-state index in [4.69, 9.17) is 14.5 Å². The number of anilines is 1. The van der Waals surface area contributed by atoms with Gasteiger partial charge < -0.3 is 19.2 Å². The first kappa shape index (κ1) is 19.0. The van der Waals surface area contributed by atoms with Crippen LogP contribution in [0.4, 0.5) is 10.2 Å². The minimum atomic E-state index is -0.466. The largest absolute Gasteiger partial charge is 0.490 e. The zero-order valence-corrected chi connectivity index (χ0v) is 17.1. The fourth-order valence-corrected chi connectivity index (χ4v) is 4.58. The molecule has 1 saturated carbocycles. The van der Waals surface area contributed by atoms with Crippen molar-refractivity contribution in [3.8, 4) is 5.75 Å². The average molecular weight is 410 g/mol. The van der Waals surface area contributed by atoms with Gasteiger partial charge in [0.15, 0.2) is 0 Å². The van der Waals surface area contributed by atoms with Crippen molar-refractivity contribution < 1.29 is 18.7 Å². The Hall–Kier alpha value is -3.00. The summed E-state index contributed by atoms with van der Waals surface area (Å²) in [6.45, 7) is 6.60. The molecule has 0 aromatic carbocycles. The van der Waals surface area contributed by atoms with Crippen LogP contribution in [0, 0.1) is 5.82 Å². The topological polar surface area (TPSA) is 77.8 Å². The van der Waals surface area contributed by atoms with Gasteiger partial charge in [-0.25, -0.2) is 14.4 Å². The van der Waals surface area contributed by atoms with Gasteiger partial charge in [0.1, 0.15) is 23.0 Å². The number of hydrogen-bond acceptors (Lipinski definition) is 5. The van der Waals surface area contributed by atoms with Crippen LogP contribution >= 0.6 is 0 Å². The SMILES string of the molecule is CC(C)Oc1cc2nc(C34COC(C)(C3)C4)cn2cc1C(=O)Nc1ccc(F)cn1. The standard InChI is InChI=1S/C22H23FN4O3/c1-13(2)30-16-6-19-25-17(22-10-21(3,11-22)29-12-22)9-27(19)8-15(16)20(28)26-18-5-4-14(23)7-24-18/h4-9,13H,10-12H2,1-3H3,(H,24,26,28). The zero-order chi connectivity index (χ0) is 21.1. The molecule has 2 saturated heterocycles. The number of imidazole rings is 1. The molecule has 1 aliphatic carbocycles. The molecule has 3 aromatic rings. The summed E-state index contributed by atoms with van der Waals surface area (Å²) in [5.74, 6) is -0.154. The lowest BCUT2D eigenvalue weighted by molar-refractivity contribution is 0.0154. The molecule has 1 N–H and O–H groups in total.